The molecule has 1 amide bonds. The summed E-state index contributed by atoms with van der Waals surface area (Å²) in [5.41, 5.74) is 16.1. The van der Waals surface area contributed by atoms with E-state index in [0.29, 0.717) is 10.7 Å². The number of pyridine rings is 1. The second-order valence-electron chi connectivity index (χ2n) is 7.24. The molecule has 1 fully saturated rings. The number of nitrogens with zero attached hydrogens (tertiary/aromatic N) is 3. The predicted molar refractivity (Wildman–Crippen MR) is 118 cm³/mol. The van der Waals surface area contributed by atoms with Crippen molar-refractivity contribution in [2.75, 3.05) is 29.0 Å². The van der Waals surface area contributed by atoms with Crippen molar-refractivity contribution in [3.63, 3.8) is 0 Å². The zero-order chi connectivity index (χ0) is 20.4. The lowest BCUT2D eigenvalue weighted by atomic mass is 10.1. The highest BCUT2D eigenvalue weighted by Crippen LogP contribution is 2.33. The Hall–Kier alpha value is -2.97. The number of anilines is 3. The summed E-state index contributed by atoms with van der Waals surface area (Å²) in [4.78, 5) is 23.8. The Kier molecular flexibility index (Phi) is 5.46. The molecule has 8 heteroatoms. The molecular weight excluding hydrogens is 384 g/mol. The van der Waals surface area contributed by atoms with E-state index in [-0.39, 0.29) is 17.6 Å². The molecule has 0 bridgehead atoms. The fourth-order valence-corrected chi connectivity index (χ4v) is 4.51. The number of nitrogens with one attached hydrogen (secondary N) is 1. The molecule has 1 unspecified atom stereocenters. The molecule has 0 saturated carbocycles. The molecule has 29 heavy (non-hydrogen) atoms. The third-order valence-corrected chi connectivity index (χ3v) is 6.01. The normalized spacial score (nSPS) is 16.6. The van der Waals surface area contributed by atoms with Crippen LogP contribution in [0.5, 0.6) is 0 Å². The van der Waals surface area contributed by atoms with Gasteiger partial charge in [-0.25, -0.2) is 4.98 Å². The molecule has 1 aliphatic rings. The quantitative estimate of drug-likeness (QED) is 0.611. The van der Waals surface area contributed by atoms with Crippen LogP contribution in [-0.4, -0.2) is 35.0 Å². The molecule has 0 radical (unpaired) electrons. The van der Waals surface area contributed by atoms with Crippen LogP contribution in [0, 0.1) is 6.92 Å². The molecule has 1 aromatic carbocycles. The molecule has 1 saturated heterocycles. The van der Waals surface area contributed by atoms with E-state index < -0.39 is 0 Å². The highest BCUT2D eigenvalue weighted by molar-refractivity contribution is 7.19. The Bertz CT molecular complexity index is 1030. The van der Waals surface area contributed by atoms with E-state index >= 15 is 0 Å². The Balaban J connectivity index is 1.59. The summed E-state index contributed by atoms with van der Waals surface area (Å²) in [5, 5.41) is 4.07. The van der Waals surface area contributed by atoms with Crippen molar-refractivity contribution in [3.05, 3.63) is 54.0 Å². The van der Waals surface area contributed by atoms with Gasteiger partial charge in [-0.15, -0.1) is 0 Å². The van der Waals surface area contributed by atoms with Gasteiger partial charge in [-0.2, -0.15) is 0 Å². The molecule has 7 nitrogen and oxygen atoms in total. The van der Waals surface area contributed by atoms with Gasteiger partial charge >= 0.3 is 0 Å². The van der Waals surface area contributed by atoms with Crippen molar-refractivity contribution in [2.24, 2.45) is 5.73 Å². The van der Waals surface area contributed by atoms with E-state index in [1.807, 2.05) is 37.3 Å². The highest BCUT2D eigenvalue weighted by Gasteiger charge is 2.22. The maximum absolute atomic E-state index is 12.9. The minimum absolute atomic E-state index is 0.131. The summed E-state index contributed by atoms with van der Waals surface area (Å²) >= 11 is 1.32. The number of hydrogen-bond donors (Lipinski definition) is 3. The van der Waals surface area contributed by atoms with Gasteiger partial charge in [0.05, 0.1) is 17.6 Å². The number of aryl methyl sites for hydroxylation is 1. The number of carbonyl (C=O) groups is 1. The number of carbonyl (C=O) groups excluding carboxylic acids is 1. The van der Waals surface area contributed by atoms with Gasteiger partial charge in [0, 0.05) is 30.9 Å². The second kappa shape index (κ2) is 8.18. The fraction of sp³-hybridized carbons (Fsp3) is 0.286. The summed E-state index contributed by atoms with van der Waals surface area (Å²) in [7, 11) is 0. The smallest absolute Gasteiger partial charge is 0.277 e. The van der Waals surface area contributed by atoms with E-state index in [2.05, 4.69) is 20.2 Å². The summed E-state index contributed by atoms with van der Waals surface area (Å²) in [6, 6.07) is 9.94. The van der Waals surface area contributed by atoms with Gasteiger partial charge < -0.3 is 21.7 Å². The average Bonchev–Trinajstić information content (AvgIpc) is 3.10. The van der Waals surface area contributed by atoms with E-state index in [9.17, 15) is 4.79 Å². The molecule has 1 atom stereocenters. The van der Waals surface area contributed by atoms with Crippen LogP contribution in [0.4, 0.5) is 16.4 Å². The zero-order valence-corrected chi connectivity index (χ0v) is 17.1. The first-order valence-corrected chi connectivity index (χ1v) is 10.4. The van der Waals surface area contributed by atoms with Gasteiger partial charge in [-0.05, 0) is 31.4 Å². The third kappa shape index (κ3) is 4.08. The van der Waals surface area contributed by atoms with Crippen LogP contribution >= 0.6 is 11.3 Å². The van der Waals surface area contributed by atoms with Crippen LogP contribution in [0.15, 0.2) is 42.7 Å². The largest absolute Gasteiger partial charge is 0.389 e. The van der Waals surface area contributed by atoms with Gasteiger partial charge in [0.2, 0.25) is 0 Å². The van der Waals surface area contributed by atoms with Crippen LogP contribution in [0.1, 0.15) is 28.9 Å². The van der Waals surface area contributed by atoms with Crippen molar-refractivity contribution in [2.45, 2.75) is 25.8 Å². The van der Waals surface area contributed by atoms with Gasteiger partial charge in [-0.3, -0.25) is 9.78 Å². The lowest BCUT2D eigenvalue weighted by Crippen LogP contribution is -2.43. The number of rotatable bonds is 4. The van der Waals surface area contributed by atoms with E-state index in [4.69, 9.17) is 11.5 Å². The summed E-state index contributed by atoms with van der Waals surface area (Å²) < 4.78 is 0. The van der Waals surface area contributed by atoms with Gasteiger partial charge in [0.15, 0.2) is 5.69 Å². The molecule has 4 rings (SSSR count). The number of piperidine rings is 1. The molecular formula is C21H24N6OS. The first-order valence-electron chi connectivity index (χ1n) is 9.61. The number of amides is 1. The van der Waals surface area contributed by atoms with Crippen molar-refractivity contribution in [3.8, 4) is 10.6 Å². The van der Waals surface area contributed by atoms with Crippen molar-refractivity contribution in [1.82, 2.24) is 9.97 Å². The molecule has 150 valence electrons. The highest BCUT2D eigenvalue weighted by atomic mass is 32.1. The lowest BCUT2D eigenvalue weighted by Gasteiger charge is -2.33. The lowest BCUT2D eigenvalue weighted by molar-refractivity contribution is 0.102. The third-order valence-electron chi connectivity index (χ3n) is 5.09. The van der Waals surface area contributed by atoms with Crippen LogP contribution in [0.2, 0.25) is 0 Å². The Labute approximate surface area is 173 Å². The van der Waals surface area contributed by atoms with Gasteiger partial charge in [0.25, 0.3) is 5.91 Å². The minimum atomic E-state index is -0.339. The molecule has 0 aliphatic carbocycles. The molecule has 3 aromatic rings. The van der Waals surface area contributed by atoms with E-state index in [1.54, 1.807) is 12.4 Å². The summed E-state index contributed by atoms with van der Waals surface area (Å²) in [6.07, 6.45) is 5.41. The van der Waals surface area contributed by atoms with E-state index in [1.165, 1.54) is 11.3 Å². The van der Waals surface area contributed by atoms with Crippen LogP contribution < -0.4 is 21.7 Å². The Morgan fingerprint density at radius 3 is 2.93 bits per heavy atom. The van der Waals surface area contributed by atoms with Gasteiger partial charge in [0.1, 0.15) is 10.0 Å². The Morgan fingerprint density at radius 1 is 1.31 bits per heavy atom. The Morgan fingerprint density at radius 2 is 2.14 bits per heavy atom. The van der Waals surface area contributed by atoms with Crippen molar-refractivity contribution in [1.29, 1.82) is 0 Å². The predicted octanol–water partition coefficient (Wildman–Crippen LogP) is 3.28. The van der Waals surface area contributed by atoms with Crippen LogP contribution in [0.25, 0.3) is 10.6 Å². The number of thiazole rings is 1. The molecule has 5 N–H and O–H groups in total. The first-order chi connectivity index (χ1) is 14.0. The van der Waals surface area contributed by atoms with Gasteiger partial charge in [-0.1, -0.05) is 35.6 Å². The fourth-order valence-electron chi connectivity index (χ4n) is 3.59. The minimum Gasteiger partial charge on any atom is -0.389 e. The molecule has 1 aliphatic heterocycles. The monoisotopic (exact) mass is 408 g/mol. The second-order valence-corrected chi connectivity index (χ2v) is 8.27. The topological polar surface area (TPSA) is 110 Å². The number of nitrogens with two attached hydrogens (primary N) is 2. The molecule has 3 heterocycles. The molecule has 2 aromatic heterocycles. The van der Waals surface area contributed by atoms with Crippen LogP contribution in [0.3, 0.4) is 0 Å². The summed E-state index contributed by atoms with van der Waals surface area (Å²) in [5.74, 6) is -0.339. The SMILES string of the molecule is Cc1ccccc1-c1nc(C(=O)Nc2cnccc2N2CCCC(N)C2)c(N)s1. The number of nitrogen functional groups attached to an aromatic ring is 1. The standard InChI is InChI=1S/C21H24N6OS/c1-13-5-2-3-7-15(13)21-26-18(19(23)29-21)20(28)25-16-11-24-9-8-17(16)27-10-4-6-14(22)12-27/h2-3,5,7-9,11,14H,4,6,10,12,22-23H2,1H3,(H,25,28). The zero-order valence-electron chi connectivity index (χ0n) is 16.3. The van der Waals surface area contributed by atoms with Crippen molar-refractivity contribution >= 4 is 33.6 Å². The number of hydrogen-bond acceptors (Lipinski definition) is 7. The average molecular weight is 409 g/mol. The summed E-state index contributed by atoms with van der Waals surface area (Å²) in [6.45, 7) is 3.66. The van der Waals surface area contributed by atoms with Crippen molar-refractivity contribution < 1.29 is 4.79 Å². The number of benzene rings is 1. The molecule has 0 spiro atoms. The van der Waals surface area contributed by atoms with E-state index in [0.717, 1.165) is 47.8 Å². The number of aromatic nitrogens is 2. The first kappa shape index (κ1) is 19.4. The van der Waals surface area contributed by atoms with Crippen LogP contribution in [-0.2, 0) is 0 Å². The maximum Gasteiger partial charge on any atom is 0.277 e. The maximum atomic E-state index is 12.9.